The first-order valence-corrected chi connectivity index (χ1v) is 10.8. The number of hydrogen-bond acceptors (Lipinski definition) is 6. The van der Waals surface area contributed by atoms with Gasteiger partial charge in [-0.3, -0.25) is 4.79 Å². The standard InChI is InChI=1S/C24H25NO4S/c1-6-14-11-12-15(28-22-25-17-9-7-8-10-18(17)30-22)13-16(14)19-20(26)23(2,3)29-24(4,5)21(19)27/h7-13,26H,6H2,1-5H3. The summed E-state index contributed by atoms with van der Waals surface area (Å²) in [5.41, 5.74) is 0.786. The smallest absolute Gasteiger partial charge is 0.279 e. The second-order valence-electron chi connectivity index (χ2n) is 8.40. The van der Waals surface area contributed by atoms with Crippen LogP contribution in [0.1, 0.15) is 45.7 Å². The number of nitrogens with zero attached hydrogens (tertiary/aromatic N) is 1. The Hall–Kier alpha value is -2.70. The van der Waals surface area contributed by atoms with Crippen molar-refractivity contribution in [3.63, 3.8) is 0 Å². The zero-order valence-corrected chi connectivity index (χ0v) is 18.6. The third kappa shape index (κ3) is 3.50. The molecule has 1 aliphatic heterocycles. The summed E-state index contributed by atoms with van der Waals surface area (Å²) >= 11 is 1.46. The van der Waals surface area contributed by atoms with Crippen molar-refractivity contribution in [2.75, 3.05) is 0 Å². The quantitative estimate of drug-likeness (QED) is 0.551. The molecule has 0 aliphatic carbocycles. The number of ether oxygens (including phenoxy) is 2. The largest absolute Gasteiger partial charge is 0.508 e. The average Bonchev–Trinajstić information content (AvgIpc) is 3.09. The van der Waals surface area contributed by atoms with E-state index in [1.54, 1.807) is 27.7 Å². The van der Waals surface area contributed by atoms with E-state index >= 15 is 0 Å². The van der Waals surface area contributed by atoms with E-state index in [2.05, 4.69) is 4.98 Å². The first-order chi connectivity index (χ1) is 14.1. The normalized spacial score (nSPS) is 18.1. The number of carbonyl (C=O) groups is 1. The van der Waals surface area contributed by atoms with Crippen LogP contribution in [0.3, 0.4) is 0 Å². The molecule has 1 N–H and O–H groups in total. The molecule has 0 fully saturated rings. The van der Waals surface area contributed by atoms with Gasteiger partial charge in [-0.2, -0.15) is 0 Å². The van der Waals surface area contributed by atoms with Crippen molar-refractivity contribution in [3.8, 4) is 10.9 Å². The van der Waals surface area contributed by atoms with Crippen molar-refractivity contribution >= 4 is 32.9 Å². The number of benzene rings is 2. The predicted molar refractivity (Wildman–Crippen MR) is 119 cm³/mol. The average molecular weight is 424 g/mol. The zero-order chi connectivity index (χ0) is 21.7. The van der Waals surface area contributed by atoms with E-state index in [1.165, 1.54) is 11.3 Å². The van der Waals surface area contributed by atoms with Gasteiger partial charge in [0.1, 0.15) is 22.7 Å². The Morgan fingerprint density at radius 3 is 2.53 bits per heavy atom. The van der Waals surface area contributed by atoms with Crippen LogP contribution >= 0.6 is 11.3 Å². The highest BCUT2D eigenvalue weighted by Crippen LogP contribution is 2.42. The third-order valence-electron chi connectivity index (χ3n) is 5.30. The topological polar surface area (TPSA) is 68.7 Å². The number of carbonyl (C=O) groups excluding carboxylic acids is 1. The second kappa shape index (κ2) is 7.22. The highest BCUT2D eigenvalue weighted by molar-refractivity contribution is 7.20. The molecule has 1 aromatic heterocycles. The minimum Gasteiger partial charge on any atom is -0.508 e. The Morgan fingerprint density at radius 2 is 1.83 bits per heavy atom. The number of aliphatic hydroxyl groups excluding tert-OH is 1. The summed E-state index contributed by atoms with van der Waals surface area (Å²) in [6.07, 6.45) is 0.711. The Labute approximate surface area is 180 Å². The molecule has 2 heterocycles. The summed E-state index contributed by atoms with van der Waals surface area (Å²) in [6.45, 7) is 9.02. The van der Waals surface area contributed by atoms with E-state index < -0.39 is 11.2 Å². The molecule has 3 aromatic rings. The number of hydrogen-bond donors (Lipinski definition) is 1. The fraction of sp³-hybridized carbons (Fsp3) is 0.333. The lowest BCUT2D eigenvalue weighted by atomic mass is 9.81. The van der Waals surface area contributed by atoms with Crippen LogP contribution < -0.4 is 4.74 Å². The number of aromatic nitrogens is 1. The Bertz CT molecular complexity index is 1140. The van der Waals surface area contributed by atoms with Gasteiger partial charge in [0.15, 0.2) is 5.78 Å². The lowest BCUT2D eigenvalue weighted by Gasteiger charge is -2.40. The molecule has 0 radical (unpaired) electrons. The monoisotopic (exact) mass is 423 g/mol. The molecule has 0 atom stereocenters. The van der Waals surface area contributed by atoms with Gasteiger partial charge in [-0.25, -0.2) is 4.98 Å². The van der Waals surface area contributed by atoms with Crippen LogP contribution in [0.5, 0.6) is 10.9 Å². The van der Waals surface area contributed by atoms with E-state index in [4.69, 9.17) is 9.47 Å². The van der Waals surface area contributed by atoms with E-state index in [0.717, 1.165) is 15.8 Å². The van der Waals surface area contributed by atoms with E-state index in [9.17, 15) is 9.90 Å². The Kier molecular flexibility index (Phi) is 4.95. The summed E-state index contributed by atoms with van der Waals surface area (Å²) in [6, 6.07) is 13.5. The van der Waals surface area contributed by atoms with E-state index in [0.29, 0.717) is 28.5 Å². The molecular weight excluding hydrogens is 398 g/mol. The molecule has 5 nitrogen and oxygen atoms in total. The van der Waals surface area contributed by atoms with Crippen LogP contribution in [-0.2, 0) is 16.0 Å². The van der Waals surface area contributed by atoms with Gasteiger partial charge in [0.05, 0.1) is 15.8 Å². The molecule has 4 rings (SSSR count). The summed E-state index contributed by atoms with van der Waals surface area (Å²) < 4.78 is 12.9. The van der Waals surface area contributed by atoms with Gasteiger partial charge in [0.25, 0.3) is 5.19 Å². The SMILES string of the molecule is CCc1ccc(Oc2nc3ccccc3s2)cc1C1=C(O)C(C)(C)OC(C)(C)C1=O. The minimum atomic E-state index is -1.04. The molecule has 0 saturated carbocycles. The maximum atomic E-state index is 13.2. The van der Waals surface area contributed by atoms with Gasteiger partial charge in [0, 0.05) is 0 Å². The van der Waals surface area contributed by atoms with Crippen LogP contribution in [-0.4, -0.2) is 27.1 Å². The van der Waals surface area contributed by atoms with E-state index in [1.807, 2.05) is 49.4 Å². The van der Waals surface area contributed by atoms with Crippen molar-refractivity contribution in [1.29, 1.82) is 0 Å². The van der Waals surface area contributed by atoms with Crippen LogP contribution in [0.2, 0.25) is 0 Å². The number of ketones is 1. The Morgan fingerprint density at radius 1 is 1.10 bits per heavy atom. The van der Waals surface area contributed by atoms with Crippen molar-refractivity contribution in [1.82, 2.24) is 4.98 Å². The third-order valence-corrected chi connectivity index (χ3v) is 6.22. The fourth-order valence-electron chi connectivity index (χ4n) is 3.85. The summed E-state index contributed by atoms with van der Waals surface area (Å²) in [4.78, 5) is 17.7. The van der Waals surface area contributed by atoms with Crippen LogP contribution in [0.4, 0.5) is 0 Å². The number of aliphatic hydroxyl groups is 1. The number of aryl methyl sites for hydroxylation is 1. The molecule has 0 unspecified atom stereocenters. The number of para-hydroxylation sites is 1. The lowest BCUT2D eigenvalue weighted by molar-refractivity contribution is -0.158. The van der Waals surface area contributed by atoms with Crippen LogP contribution in [0, 0.1) is 0 Å². The molecule has 6 heteroatoms. The molecule has 156 valence electrons. The molecule has 0 amide bonds. The van der Waals surface area contributed by atoms with Gasteiger partial charge < -0.3 is 14.6 Å². The minimum absolute atomic E-state index is 0.0568. The summed E-state index contributed by atoms with van der Waals surface area (Å²) in [7, 11) is 0. The van der Waals surface area contributed by atoms with Crippen molar-refractivity contribution < 1.29 is 19.4 Å². The van der Waals surface area contributed by atoms with Crippen molar-refractivity contribution in [2.24, 2.45) is 0 Å². The Balaban J connectivity index is 1.80. The van der Waals surface area contributed by atoms with Crippen molar-refractivity contribution in [3.05, 3.63) is 59.4 Å². The second-order valence-corrected chi connectivity index (χ2v) is 9.39. The van der Waals surface area contributed by atoms with Gasteiger partial charge in [-0.15, -0.1) is 0 Å². The number of Topliss-reactive ketones (excluding diaryl/α,β-unsaturated/α-hetero) is 1. The molecule has 30 heavy (non-hydrogen) atoms. The van der Waals surface area contributed by atoms with Crippen LogP contribution in [0.15, 0.2) is 48.2 Å². The first-order valence-electron chi connectivity index (χ1n) is 9.98. The molecule has 1 aliphatic rings. The van der Waals surface area contributed by atoms with Gasteiger partial charge in [-0.1, -0.05) is 36.5 Å². The zero-order valence-electron chi connectivity index (χ0n) is 17.8. The van der Waals surface area contributed by atoms with Crippen molar-refractivity contribution in [2.45, 2.75) is 52.2 Å². The molecule has 0 bridgehead atoms. The van der Waals surface area contributed by atoms with Gasteiger partial charge in [-0.05, 0) is 69.5 Å². The summed E-state index contributed by atoms with van der Waals surface area (Å²) in [5.74, 6) is 0.265. The molecule has 0 spiro atoms. The molecular formula is C24H25NO4S. The maximum absolute atomic E-state index is 13.2. The highest BCUT2D eigenvalue weighted by atomic mass is 32.1. The fourth-order valence-corrected chi connectivity index (χ4v) is 4.68. The maximum Gasteiger partial charge on any atom is 0.279 e. The highest BCUT2D eigenvalue weighted by Gasteiger charge is 2.47. The van der Waals surface area contributed by atoms with Gasteiger partial charge >= 0.3 is 0 Å². The number of thiazole rings is 1. The van der Waals surface area contributed by atoms with Gasteiger partial charge in [0.2, 0.25) is 0 Å². The number of rotatable bonds is 4. The van der Waals surface area contributed by atoms with E-state index in [-0.39, 0.29) is 11.5 Å². The summed E-state index contributed by atoms with van der Waals surface area (Å²) in [5, 5.41) is 11.5. The lowest BCUT2D eigenvalue weighted by Crippen LogP contribution is -2.49. The predicted octanol–water partition coefficient (Wildman–Crippen LogP) is 6.08. The number of fused-ring (bicyclic) bond motifs is 1. The molecule has 0 saturated heterocycles. The van der Waals surface area contributed by atoms with Crippen LogP contribution in [0.25, 0.3) is 15.8 Å². The molecule has 2 aromatic carbocycles. The first kappa shape index (κ1) is 20.6.